The third-order valence-corrected chi connectivity index (χ3v) is 6.71. The second-order valence-corrected chi connectivity index (χ2v) is 9.22. The Morgan fingerprint density at radius 1 is 1.15 bits per heavy atom. The van der Waals surface area contributed by atoms with E-state index in [4.69, 9.17) is 16.3 Å². The molecule has 0 radical (unpaired) electrons. The molecule has 0 bridgehead atoms. The summed E-state index contributed by atoms with van der Waals surface area (Å²) in [5, 5.41) is 4.91. The smallest absolute Gasteiger partial charge is 0.264 e. The summed E-state index contributed by atoms with van der Waals surface area (Å²) in [7, 11) is 0. The van der Waals surface area contributed by atoms with Crippen molar-refractivity contribution in [2.45, 2.75) is 18.9 Å². The number of hydrogen-bond acceptors (Lipinski definition) is 5. The molecule has 172 valence electrons. The van der Waals surface area contributed by atoms with Crippen LogP contribution in [0.2, 0.25) is 5.02 Å². The third-order valence-electron chi connectivity index (χ3n) is 6.50. The summed E-state index contributed by atoms with van der Waals surface area (Å²) in [6.07, 6.45) is 6.17. The molecule has 6 rings (SSSR count). The van der Waals surface area contributed by atoms with E-state index in [0.717, 1.165) is 64.2 Å². The Balaban J connectivity index is 1.35. The molecule has 1 atom stereocenters. The lowest BCUT2D eigenvalue weighted by atomic mass is 9.99. The molecule has 2 aliphatic rings. The number of carbonyl (C=O) groups excluding carboxylic acids is 1. The van der Waals surface area contributed by atoms with Gasteiger partial charge >= 0.3 is 0 Å². The molecule has 7 nitrogen and oxygen atoms in total. The number of fused-ring (bicyclic) bond motifs is 2. The summed E-state index contributed by atoms with van der Waals surface area (Å²) in [4.78, 5) is 27.2. The topological polar surface area (TPSA) is 83.1 Å². The minimum Gasteiger partial charge on any atom is -0.479 e. The maximum Gasteiger partial charge on any atom is 0.264 e. The number of pyridine rings is 2. The van der Waals surface area contributed by atoms with Crippen molar-refractivity contribution in [1.29, 1.82) is 0 Å². The maximum atomic E-state index is 13.1. The molecular weight excluding hydrogens is 450 g/mol. The molecule has 0 spiro atoms. The molecule has 3 aromatic heterocycles. The normalized spacial score (nSPS) is 17.6. The highest BCUT2D eigenvalue weighted by molar-refractivity contribution is 6.31. The molecule has 1 unspecified atom stereocenters. The van der Waals surface area contributed by atoms with E-state index in [-0.39, 0.29) is 5.91 Å². The maximum absolute atomic E-state index is 13.1. The van der Waals surface area contributed by atoms with Gasteiger partial charge in [-0.2, -0.15) is 0 Å². The fourth-order valence-electron chi connectivity index (χ4n) is 4.89. The van der Waals surface area contributed by atoms with Crippen LogP contribution in [0.4, 0.5) is 0 Å². The van der Waals surface area contributed by atoms with Crippen molar-refractivity contribution in [2.24, 2.45) is 0 Å². The molecule has 1 amide bonds. The van der Waals surface area contributed by atoms with Gasteiger partial charge in [-0.25, -0.2) is 4.98 Å². The number of nitrogens with zero attached hydrogens (tertiary/aromatic N) is 3. The Bertz CT molecular complexity index is 1360. The van der Waals surface area contributed by atoms with Crippen molar-refractivity contribution in [1.82, 2.24) is 25.2 Å². The lowest BCUT2D eigenvalue weighted by Gasteiger charge is -2.29. The highest BCUT2D eigenvalue weighted by Gasteiger charge is 2.35. The number of piperazine rings is 1. The molecule has 34 heavy (non-hydrogen) atoms. The van der Waals surface area contributed by atoms with Crippen LogP contribution in [0.25, 0.3) is 22.2 Å². The van der Waals surface area contributed by atoms with Gasteiger partial charge in [-0.1, -0.05) is 17.7 Å². The van der Waals surface area contributed by atoms with Crippen LogP contribution in [0, 0.1) is 0 Å². The van der Waals surface area contributed by atoms with Crippen LogP contribution in [-0.2, 0) is 17.6 Å². The molecule has 4 aromatic rings. The highest BCUT2D eigenvalue weighted by Crippen LogP contribution is 2.43. The number of ether oxygens (including phenoxy) is 1. The number of hydrogen-bond donors (Lipinski definition) is 2. The van der Waals surface area contributed by atoms with Crippen LogP contribution in [0.3, 0.4) is 0 Å². The first-order chi connectivity index (χ1) is 16.7. The van der Waals surface area contributed by atoms with Crippen LogP contribution in [0.1, 0.15) is 16.8 Å². The van der Waals surface area contributed by atoms with Crippen molar-refractivity contribution in [3.05, 3.63) is 76.8 Å². The zero-order valence-corrected chi connectivity index (χ0v) is 19.3. The summed E-state index contributed by atoms with van der Waals surface area (Å²) >= 11 is 6.53. The fraction of sp³-hybridized carbons (Fsp3) is 0.269. The zero-order valence-electron chi connectivity index (χ0n) is 18.6. The van der Waals surface area contributed by atoms with Crippen molar-refractivity contribution in [3.63, 3.8) is 0 Å². The molecule has 2 aliphatic heterocycles. The standard InChI is InChI=1S/C26H24ClN5O2/c27-18-11-17-12-23(26(33)32-8-6-28-7-9-32)34-24(17)21(13-18)20-3-5-30-25-22(20)14-19(31-25)10-16-2-1-4-29-15-16/h1-5,11,13-15,23,28H,6-10,12H2,(H,30,31). The molecule has 1 fully saturated rings. The number of nitrogens with one attached hydrogen (secondary N) is 2. The molecule has 0 aliphatic carbocycles. The summed E-state index contributed by atoms with van der Waals surface area (Å²) in [6, 6.07) is 11.9. The molecule has 5 heterocycles. The van der Waals surface area contributed by atoms with E-state index in [9.17, 15) is 4.79 Å². The first-order valence-corrected chi connectivity index (χ1v) is 11.9. The van der Waals surface area contributed by atoms with Crippen LogP contribution in [0.15, 0.2) is 55.0 Å². The van der Waals surface area contributed by atoms with Gasteiger partial charge in [0.1, 0.15) is 11.4 Å². The second-order valence-electron chi connectivity index (χ2n) is 8.78. The number of rotatable bonds is 4. The van der Waals surface area contributed by atoms with Gasteiger partial charge < -0.3 is 19.9 Å². The number of aromatic amines is 1. The van der Waals surface area contributed by atoms with E-state index >= 15 is 0 Å². The monoisotopic (exact) mass is 473 g/mol. The van der Waals surface area contributed by atoms with Gasteiger partial charge in [-0.15, -0.1) is 0 Å². The Hall–Kier alpha value is -3.42. The first-order valence-electron chi connectivity index (χ1n) is 11.5. The number of halogens is 1. The minimum atomic E-state index is -0.519. The Labute approximate surface area is 202 Å². The van der Waals surface area contributed by atoms with E-state index in [0.29, 0.717) is 24.5 Å². The van der Waals surface area contributed by atoms with Crippen molar-refractivity contribution in [3.8, 4) is 16.9 Å². The van der Waals surface area contributed by atoms with Gasteiger partial charge in [-0.05, 0) is 41.5 Å². The number of H-pyrrole nitrogens is 1. The Morgan fingerprint density at radius 2 is 2.03 bits per heavy atom. The summed E-state index contributed by atoms with van der Waals surface area (Å²) in [5.74, 6) is 0.778. The van der Waals surface area contributed by atoms with E-state index in [1.165, 1.54) is 0 Å². The van der Waals surface area contributed by atoms with Crippen molar-refractivity contribution in [2.75, 3.05) is 26.2 Å². The SMILES string of the molecule is O=C(C1Cc2cc(Cl)cc(-c3ccnc4[nH]c(Cc5cccnc5)cc34)c2O1)N1CCNCC1. The molecule has 1 saturated heterocycles. The largest absolute Gasteiger partial charge is 0.479 e. The van der Waals surface area contributed by atoms with Crippen LogP contribution < -0.4 is 10.1 Å². The average molecular weight is 474 g/mol. The van der Waals surface area contributed by atoms with E-state index in [1.54, 1.807) is 12.4 Å². The second kappa shape index (κ2) is 8.74. The van der Waals surface area contributed by atoms with Gasteiger partial charge in [0.05, 0.1) is 0 Å². The van der Waals surface area contributed by atoms with Crippen LogP contribution in [0.5, 0.6) is 5.75 Å². The van der Waals surface area contributed by atoms with Crippen molar-refractivity contribution >= 4 is 28.5 Å². The van der Waals surface area contributed by atoms with E-state index in [1.807, 2.05) is 35.4 Å². The Morgan fingerprint density at radius 3 is 2.85 bits per heavy atom. The average Bonchev–Trinajstić information content (AvgIpc) is 3.48. The van der Waals surface area contributed by atoms with Crippen molar-refractivity contribution < 1.29 is 9.53 Å². The number of amides is 1. The number of benzene rings is 1. The first kappa shape index (κ1) is 21.1. The zero-order chi connectivity index (χ0) is 23.1. The molecular formula is C26H24ClN5O2. The van der Waals surface area contributed by atoms with Gasteiger partial charge in [0.2, 0.25) is 0 Å². The summed E-state index contributed by atoms with van der Waals surface area (Å²) in [6.45, 7) is 3.03. The quantitative estimate of drug-likeness (QED) is 0.473. The van der Waals surface area contributed by atoms with Gasteiger partial charge in [0.25, 0.3) is 5.91 Å². The lowest BCUT2D eigenvalue weighted by molar-refractivity contribution is -0.138. The highest BCUT2D eigenvalue weighted by atomic mass is 35.5. The molecule has 0 saturated carbocycles. The van der Waals surface area contributed by atoms with Crippen LogP contribution in [-0.4, -0.2) is 58.0 Å². The van der Waals surface area contributed by atoms with Gasteiger partial charge in [0.15, 0.2) is 6.10 Å². The third kappa shape index (κ3) is 3.91. The molecule has 2 N–H and O–H groups in total. The number of carbonyl (C=O) groups is 1. The lowest BCUT2D eigenvalue weighted by Crippen LogP contribution is -2.50. The predicted molar refractivity (Wildman–Crippen MR) is 131 cm³/mol. The molecule has 1 aromatic carbocycles. The summed E-state index contributed by atoms with van der Waals surface area (Å²) < 4.78 is 6.30. The number of aromatic nitrogens is 3. The van der Waals surface area contributed by atoms with Gasteiger partial charge in [-0.3, -0.25) is 9.78 Å². The van der Waals surface area contributed by atoms with E-state index in [2.05, 4.69) is 32.4 Å². The fourth-order valence-corrected chi connectivity index (χ4v) is 5.13. The summed E-state index contributed by atoms with van der Waals surface area (Å²) in [5.41, 5.74) is 5.81. The Kier molecular flexibility index (Phi) is 5.43. The predicted octanol–water partition coefficient (Wildman–Crippen LogP) is 3.60. The molecule has 8 heteroatoms. The van der Waals surface area contributed by atoms with Crippen LogP contribution >= 0.6 is 11.6 Å². The van der Waals surface area contributed by atoms with Gasteiger partial charge in [0, 0.05) is 84.8 Å². The van der Waals surface area contributed by atoms with E-state index < -0.39 is 6.10 Å². The minimum absolute atomic E-state index is 0.0417.